The van der Waals surface area contributed by atoms with Gasteiger partial charge in [0, 0.05) is 21.7 Å². The van der Waals surface area contributed by atoms with Gasteiger partial charge in [0.05, 0.1) is 23.0 Å². The molecule has 3 rings (SSSR count). The highest BCUT2D eigenvalue weighted by molar-refractivity contribution is 8.29. The van der Waals surface area contributed by atoms with Crippen molar-refractivity contribution >= 4 is 63.8 Å². The number of carbonyl (C=O) groups excluding carboxylic acids is 2. The van der Waals surface area contributed by atoms with Crippen molar-refractivity contribution in [2.45, 2.75) is 33.2 Å². The minimum absolute atomic E-state index is 0.230. The summed E-state index contributed by atoms with van der Waals surface area (Å²) in [4.78, 5) is 26.2. The van der Waals surface area contributed by atoms with Crippen molar-refractivity contribution in [1.82, 2.24) is 0 Å². The molecular weight excluding hydrogens is 414 g/mol. The van der Waals surface area contributed by atoms with Crippen LogP contribution in [0.3, 0.4) is 0 Å². The number of ether oxygens (including phenoxy) is 2. The second-order valence-electron chi connectivity index (χ2n) is 6.59. The van der Waals surface area contributed by atoms with Crippen LogP contribution in [0.2, 0.25) is 0 Å². The third kappa shape index (κ3) is 3.86. The Balaban J connectivity index is 2.11. The minimum atomic E-state index is -0.522. The molecule has 8 heteroatoms. The molecule has 0 spiro atoms. The van der Waals surface area contributed by atoms with Crippen LogP contribution in [0.5, 0.6) is 0 Å². The smallest absolute Gasteiger partial charge is 0.346 e. The molecule has 0 saturated carbocycles. The van der Waals surface area contributed by atoms with Gasteiger partial charge in [0.2, 0.25) is 0 Å². The number of nitrogens with one attached hydrogen (secondary N) is 1. The topological polar surface area (TPSA) is 64.6 Å². The summed E-state index contributed by atoms with van der Waals surface area (Å²) in [5.74, 6) is -1.04. The van der Waals surface area contributed by atoms with E-state index in [2.05, 4.69) is 5.32 Å². The summed E-state index contributed by atoms with van der Waals surface area (Å²) in [7, 11) is 0. The van der Waals surface area contributed by atoms with Crippen molar-refractivity contribution in [3.8, 4) is 0 Å². The number of fused-ring (bicyclic) bond motifs is 1. The molecule has 1 N–H and O–H groups in total. The van der Waals surface area contributed by atoms with Gasteiger partial charge in [0.1, 0.15) is 9.81 Å². The average Bonchev–Trinajstić information content (AvgIpc) is 3.08. The van der Waals surface area contributed by atoms with E-state index in [9.17, 15) is 9.59 Å². The van der Waals surface area contributed by atoms with Crippen LogP contribution in [0.25, 0.3) is 5.57 Å². The van der Waals surface area contributed by atoms with E-state index in [0.717, 1.165) is 25.9 Å². The summed E-state index contributed by atoms with van der Waals surface area (Å²) in [5.41, 5.74) is 2.34. The Morgan fingerprint density at radius 3 is 2.11 bits per heavy atom. The van der Waals surface area contributed by atoms with Crippen molar-refractivity contribution in [2.75, 3.05) is 18.5 Å². The van der Waals surface area contributed by atoms with Crippen LogP contribution in [-0.4, -0.2) is 35.6 Å². The summed E-state index contributed by atoms with van der Waals surface area (Å²) >= 11 is 8.24. The van der Waals surface area contributed by atoms with E-state index < -0.39 is 17.5 Å². The zero-order chi connectivity index (χ0) is 20.5. The largest absolute Gasteiger partial charge is 0.462 e. The molecule has 0 bridgehead atoms. The van der Waals surface area contributed by atoms with Crippen LogP contribution in [-0.2, 0) is 19.1 Å². The maximum absolute atomic E-state index is 12.5. The van der Waals surface area contributed by atoms with Crippen LogP contribution < -0.4 is 5.32 Å². The van der Waals surface area contributed by atoms with Gasteiger partial charge in [-0.3, -0.25) is 0 Å². The van der Waals surface area contributed by atoms with Crippen LogP contribution in [0.4, 0.5) is 5.69 Å². The predicted octanol–water partition coefficient (Wildman–Crippen LogP) is 4.75. The lowest BCUT2D eigenvalue weighted by atomic mass is 9.86. The molecule has 0 aromatic heterocycles. The lowest BCUT2D eigenvalue weighted by molar-refractivity contribution is -0.140. The molecule has 1 aromatic carbocycles. The van der Waals surface area contributed by atoms with Crippen LogP contribution in [0.15, 0.2) is 38.3 Å². The number of rotatable bonds is 4. The van der Waals surface area contributed by atoms with Crippen molar-refractivity contribution < 1.29 is 19.1 Å². The quantitative estimate of drug-likeness (QED) is 0.413. The maximum atomic E-state index is 12.5. The van der Waals surface area contributed by atoms with Crippen molar-refractivity contribution in [3.05, 3.63) is 43.9 Å². The molecule has 2 heterocycles. The molecule has 28 heavy (non-hydrogen) atoms. The fraction of sp³-hybridized carbons (Fsp3) is 0.350. The van der Waals surface area contributed by atoms with E-state index in [0.29, 0.717) is 0 Å². The first-order chi connectivity index (χ1) is 13.3. The SMILES string of the molecule is CCOC(=O)C1=C(C(=O)OCC)SC(=C2C(=S)C(C)(C)Nc3ccccc32)S1. The van der Waals surface area contributed by atoms with Gasteiger partial charge in [-0.15, -0.1) is 0 Å². The second kappa shape index (κ2) is 8.31. The first kappa shape index (κ1) is 21.0. The normalized spacial score (nSPS) is 17.9. The summed E-state index contributed by atoms with van der Waals surface area (Å²) in [5, 5.41) is 3.46. The van der Waals surface area contributed by atoms with Gasteiger partial charge in [-0.05, 0) is 33.8 Å². The molecule has 1 aromatic rings. The van der Waals surface area contributed by atoms with E-state index in [1.54, 1.807) is 13.8 Å². The molecular formula is C20H21NO4S3. The maximum Gasteiger partial charge on any atom is 0.346 e. The number of benzene rings is 1. The number of anilines is 1. The number of hydrogen-bond acceptors (Lipinski definition) is 8. The lowest BCUT2D eigenvalue weighted by Crippen LogP contribution is -2.43. The number of hydrogen-bond donors (Lipinski definition) is 1. The van der Waals surface area contributed by atoms with Gasteiger partial charge >= 0.3 is 11.9 Å². The molecule has 0 unspecified atom stereocenters. The Hall–Kier alpha value is -1.77. The van der Waals surface area contributed by atoms with Gasteiger partial charge in [0.15, 0.2) is 0 Å². The van der Waals surface area contributed by atoms with E-state index in [1.165, 1.54) is 23.5 Å². The fourth-order valence-electron chi connectivity index (χ4n) is 2.90. The number of para-hydroxylation sites is 1. The molecule has 0 saturated heterocycles. The molecule has 0 fully saturated rings. The second-order valence-corrected chi connectivity index (χ2v) is 9.30. The molecule has 2 aliphatic rings. The average molecular weight is 436 g/mol. The molecule has 0 atom stereocenters. The molecule has 0 aliphatic carbocycles. The molecule has 0 amide bonds. The summed E-state index contributed by atoms with van der Waals surface area (Å²) in [6.45, 7) is 7.95. The predicted molar refractivity (Wildman–Crippen MR) is 119 cm³/mol. The van der Waals surface area contributed by atoms with E-state index in [4.69, 9.17) is 21.7 Å². The molecule has 2 aliphatic heterocycles. The van der Waals surface area contributed by atoms with Crippen LogP contribution >= 0.6 is 35.7 Å². The van der Waals surface area contributed by atoms with Crippen molar-refractivity contribution in [1.29, 1.82) is 0 Å². The number of thiocarbonyl (C=S) groups is 1. The van der Waals surface area contributed by atoms with Crippen molar-refractivity contribution in [3.63, 3.8) is 0 Å². The van der Waals surface area contributed by atoms with Gasteiger partial charge < -0.3 is 14.8 Å². The molecule has 0 radical (unpaired) electrons. The monoisotopic (exact) mass is 435 g/mol. The molecule has 148 valence electrons. The Kier molecular flexibility index (Phi) is 6.21. The highest BCUT2D eigenvalue weighted by atomic mass is 32.2. The Morgan fingerprint density at radius 1 is 1.04 bits per heavy atom. The number of esters is 2. The highest BCUT2D eigenvalue weighted by Crippen LogP contribution is 2.55. The zero-order valence-electron chi connectivity index (χ0n) is 16.1. The first-order valence-corrected chi connectivity index (χ1v) is 10.9. The van der Waals surface area contributed by atoms with Gasteiger partial charge in [0.25, 0.3) is 0 Å². The highest BCUT2D eigenvalue weighted by Gasteiger charge is 2.40. The number of thioether (sulfide) groups is 2. The standard InChI is InChI=1S/C20H21NO4S3/c1-5-24-17(22)14-15(18(23)25-6-2)28-19(27-14)13-11-9-7-8-10-12(11)21-20(3,4)16(13)26/h7-10,21H,5-6H2,1-4H3. The third-order valence-electron chi connectivity index (χ3n) is 4.16. The Bertz CT molecular complexity index is 886. The van der Waals surface area contributed by atoms with Crippen LogP contribution in [0, 0.1) is 0 Å². The fourth-order valence-corrected chi connectivity index (χ4v) is 5.85. The van der Waals surface area contributed by atoms with Gasteiger partial charge in [-0.25, -0.2) is 9.59 Å². The summed E-state index contributed by atoms with van der Waals surface area (Å²) < 4.78 is 11.1. The minimum Gasteiger partial charge on any atom is -0.462 e. The third-order valence-corrected chi connectivity index (χ3v) is 7.43. The van der Waals surface area contributed by atoms with Gasteiger partial charge in [-0.1, -0.05) is 53.9 Å². The summed E-state index contributed by atoms with van der Waals surface area (Å²) in [6, 6.07) is 7.88. The van der Waals surface area contributed by atoms with E-state index in [-0.39, 0.29) is 23.0 Å². The Morgan fingerprint density at radius 2 is 1.57 bits per heavy atom. The van der Waals surface area contributed by atoms with E-state index in [1.807, 2.05) is 38.1 Å². The Labute approximate surface area is 178 Å². The zero-order valence-corrected chi connectivity index (χ0v) is 18.5. The molecule has 5 nitrogen and oxygen atoms in total. The lowest BCUT2D eigenvalue weighted by Gasteiger charge is -2.36. The summed E-state index contributed by atoms with van der Waals surface area (Å²) in [6.07, 6.45) is 0. The van der Waals surface area contributed by atoms with Crippen molar-refractivity contribution in [2.24, 2.45) is 0 Å². The van der Waals surface area contributed by atoms with E-state index >= 15 is 0 Å². The van der Waals surface area contributed by atoms with Crippen LogP contribution in [0.1, 0.15) is 33.3 Å². The van der Waals surface area contributed by atoms with Gasteiger partial charge in [-0.2, -0.15) is 0 Å². The first-order valence-electron chi connectivity index (χ1n) is 8.91. The number of carbonyl (C=O) groups is 2.